The SMILES string of the molecule is CCNCCCc1nnc(CC2CC3CCC2C3)o1. The van der Waals surface area contributed by atoms with Crippen LogP contribution in [-0.4, -0.2) is 23.3 Å². The van der Waals surface area contributed by atoms with Crippen LogP contribution in [-0.2, 0) is 12.8 Å². The Bertz CT molecular complexity index is 404. The number of hydrogen-bond acceptors (Lipinski definition) is 4. The molecule has 106 valence electrons. The standard InChI is InChI=1S/C15H25N3O/c1-2-16-7-3-4-14-17-18-15(19-14)10-13-9-11-5-6-12(13)8-11/h11-13,16H,2-10H2,1H3. The van der Waals surface area contributed by atoms with Crippen molar-refractivity contribution in [3.63, 3.8) is 0 Å². The highest BCUT2D eigenvalue weighted by atomic mass is 16.4. The Morgan fingerprint density at radius 3 is 2.84 bits per heavy atom. The monoisotopic (exact) mass is 263 g/mol. The smallest absolute Gasteiger partial charge is 0.216 e. The molecule has 1 N–H and O–H groups in total. The zero-order valence-corrected chi connectivity index (χ0v) is 11.9. The van der Waals surface area contributed by atoms with Gasteiger partial charge in [-0.05, 0) is 56.5 Å². The molecule has 3 unspecified atom stereocenters. The molecule has 0 amide bonds. The van der Waals surface area contributed by atoms with Gasteiger partial charge in [0.1, 0.15) is 0 Å². The lowest BCUT2D eigenvalue weighted by molar-refractivity contribution is 0.303. The van der Waals surface area contributed by atoms with Crippen molar-refractivity contribution in [2.24, 2.45) is 17.8 Å². The summed E-state index contributed by atoms with van der Waals surface area (Å²) in [5.74, 6) is 4.44. The molecule has 2 saturated carbocycles. The molecule has 0 aliphatic heterocycles. The Kier molecular flexibility index (Phi) is 4.16. The zero-order chi connectivity index (χ0) is 13.1. The molecule has 3 rings (SSSR count). The first kappa shape index (κ1) is 13.1. The van der Waals surface area contributed by atoms with Gasteiger partial charge in [-0.1, -0.05) is 13.3 Å². The van der Waals surface area contributed by atoms with Crippen LogP contribution >= 0.6 is 0 Å². The van der Waals surface area contributed by atoms with E-state index in [1.54, 1.807) is 0 Å². The summed E-state index contributed by atoms with van der Waals surface area (Å²) in [6, 6.07) is 0. The summed E-state index contributed by atoms with van der Waals surface area (Å²) in [5, 5.41) is 11.7. The van der Waals surface area contributed by atoms with Crippen LogP contribution in [0.3, 0.4) is 0 Å². The molecule has 0 aromatic carbocycles. The maximum atomic E-state index is 5.78. The van der Waals surface area contributed by atoms with Crippen molar-refractivity contribution < 1.29 is 4.42 Å². The largest absolute Gasteiger partial charge is 0.425 e. The van der Waals surface area contributed by atoms with Gasteiger partial charge in [0.2, 0.25) is 11.8 Å². The van der Waals surface area contributed by atoms with Crippen LogP contribution in [0.25, 0.3) is 0 Å². The van der Waals surface area contributed by atoms with Gasteiger partial charge in [-0.2, -0.15) is 0 Å². The molecule has 2 fully saturated rings. The highest BCUT2D eigenvalue weighted by Gasteiger charge is 2.39. The molecule has 4 nitrogen and oxygen atoms in total. The van der Waals surface area contributed by atoms with Crippen molar-refractivity contribution in [2.45, 2.75) is 51.9 Å². The first-order chi connectivity index (χ1) is 9.35. The van der Waals surface area contributed by atoms with Gasteiger partial charge in [0.25, 0.3) is 0 Å². The van der Waals surface area contributed by atoms with E-state index in [9.17, 15) is 0 Å². The predicted octanol–water partition coefficient (Wildman–Crippen LogP) is 2.59. The molecule has 2 aliphatic rings. The molecule has 1 heterocycles. The van der Waals surface area contributed by atoms with Crippen molar-refractivity contribution in [1.82, 2.24) is 15.5 Å². The lowest BCUT2D eigenvalue weighted by atomic mass is 9.86. The molecule has 0 radical (unpaired) electrons. The molecule has 0 spiro atoms. The van der Waals surface area contributed by atoms with Crippen LogP contribution in [0.15, 0.2) is 4.42 Å². The van der Waals surface area contributed by atoms with Gasteiger partial charge in [0.15, 0.2) is 0 Å². The summed E-state index contributed by atoms with van der Waals surface area (Å²) in [6.45, 7) is 4.18. The summed E-state index contributed by atoms with van der Waals surface area (Å²) in [4.78, 5) is 0. The maximum Gasteiger partial charge on any atom is 0.216 e. The number of aromatic nitrogens is 2. The van der Waals surface area contributed by atoms with Crippen LogP contribution in [0, 0.1) is 17.8 Å². The van der Waals surface area contributed by atoms with E-state index in [-0.39, 0.29) is 0 Å². The molecule has 2 bridgehead atoms. The van der Waals surface area contributed by atoms with Crippen molar-refractivity contribution >= 4 is 0 Å². The average Bonchev–Trinajstić information content (AvgIpc) is 3.11. The molecule has 3 atom stereocenters. The molecule has 1 aromatic rings. The van der Waals surface area contributed by atoms with Gasteiger partial charge < -0.3 is 9.73 Å². The molecule has 19 heavy (non-hydrogen) atoms. The van der Waals surface area contributed by atoms with Crippen molar-refractivity contribution in [3.05, 3.63) is 11.8 Å². The Morgan fingerprint density at radius 2 is 2.11 bits per heavy atom. The number of hydrogen-bond donors (Lipinski definition) is 1. The highest BCUT2D eigenvalue weighted by molar-refractivity contribution is 4.94. The van der Waals surface area contributed by atoms with Crippen LogP contribution in [0.2, 0.25) is 0 Å². The average molecular weight is 263 g/mol. The van der Waals surface area contributed by atoms with E-state index in [0.717, 1.165) is 61.9 Å². The third kappa shape index (κ3) is 3.16. The second-order valence-corrected chi connectivity index (χ2v) is 6.19. The first-order valence-corrected chi connectivity index (χ1v) is 7.87. The zero-order valence-electron chi connectivity index (χ0n) is 11.9. The number of nitrogens with zero attached hydrogens (tertiary/aromatic N) is 2. The molecule has 4 heteroatoms. The summed E-state index contributed by atoms with van der Waals surface area (Å²) in [7, 11) is 0. The predicted molar refractivity (Wildman–Crippen MR) is 73.8 cm³/mol. The van der Waals surface area contributed by atoms with Crippen molar-refractivity contribution in [1.29, 1.82) is 0 Å². The Hall–Kier alpha value is -0.900. The van der Waals surface area contributed by atoms with Gasteiger partial charge >= 0.3 is 0 Å². The van der Waals surface area contributed by atoms with Gasteiger partial charge in [-0.15, -0.1) is 10.2 Å². The lowest BCUT2D eigenvalue weighted by Gasteiger charge is -2.19. The Morgan fingerprint density at radius 1 is 1.21 bits per heavy atom. The second kappa shape index (κ2) is 6.04. The van der Waals surface area contributed by atoms with Gasteiger partial charge in [0.05, 0.1) is 0 Å². The highest BCUT2D eigenvalue weighted by Crippen LogP contribution is 2.49. The Balaban J connectivity index is 1.45. The summed E-state index contributed by atoms with van der Waals surface area (Å²) in [6.07, 6.45) is 8.72. The second-order valence-electron chi connectivity index (χ2n) is 6.19. The normalized spacial score (nSPS) is 29.2. The molecular weight excluding hydrogens is 238 g/mol. The number of rotatable bonds is 7. The molecular formula is C15H25N3O. The van der Waals surface area contributed by atoms with Crippen LogP contribution < -0.4 is 5.32 Å². The number of nitrogens with one attached hydrogen (secondary N) is 1. The van der Waals surface area contributed by atoms with E-state index >= 15 is 0 Å². The van der Waals surface area contributed by atoms with E-state index in [1.807, 2.05) is 0 Å². The van der Waals surface area contributed by atoms with Crippen molar-refractivity contribution in [2.75, 3.05) is 13.1 Å². The molecule has 1 aromatic heterocycles. The van der Waals surface area contributed by atoms with E-state index < -0.39 is 0 Å². The number of fused-ring (bicyclic) bond motifs is 2. The first-order valence-electron chi connectivity index (χ1n) is 7.87. The van der Waals surface area contributed by atoms with E-state index in [4.69, 9.17) is 4.42 Å². The van der Waals surface area contributed by atoms with E-state index in [0.29, 0.717) is 0 Å². The fourth-order valence-corrected chi connectivity index (χ4v) is 3.86. The lowest BCUT2D eigenvalue weighted by Crippen LogP contribution is -2.14. The third-order valence-corrected chi connectivity index (χ3v) is 4.82. The summed E-state index contributed by atoms with van der Waals surface area (Å²) < 4.78 is 5.78. The van der Waals surface area contributed by atoms with Gasteiger partial charge in [0, 0.05) is 12.8 Å². The summed E-state index contributed by atoms with van der Waals surface area (Å²) in [5.41, 5.74) is 0. The molecule has 2 aliphatic carbocycles. The Labute approximate surface area is 115 Å². The molecule has 0 saturated heterocycles. The third-order valence-electron chi connectivity index (χ3n) is 4.82. The topological polar surface area (TPSA) is 51.0 Å². The van der Waals surface area contributed by atoms with E-state index in [1.165, 1.54) is 25.7 Å². The minimum Gasteiger partial charge on any atom is -0.425 e. The minimum absolute atomic E-state index is 0.814. The van der Waals surface area contributed by atoms with Gasteiger partial charge in [-0.25, -0.2) is 0 Å². The van der Waals surface area contributed by atoms with Crippen LogP contribution in [0.1, 0.15) is 50.8 Å². The van der Waals surface area contributed by atoms with Crippen LogP contribution in [0.4, 0.5) is 0 Å². The fourth-order valence-electron chi connectivity index (χ4n) is 3.86. The minimum atomic E-state index is 0.814. The van der Waals surface area contributed by atoms with Crippen molar-refractivity contribution in [3.8, 4) is 0 Å². The quantitative estimate of drug-likeness (QED) is 0.768. The van der Waals surface area contributed by atoms with E-state index in [2.05, 4.69) is 22.4 Å². The van der Waals surface area contributed by atoms with Gasteiger partial charge in [-0.3, -0.25) is 0 Å². The van der Waals surface area contributed by atoms with Crippen LogP contribution in [0.5, 0.6) is 0 Å². The fraction of sp³-hybridized carbons (Fsp3) is 0.867. The maximum absolute atomic E-state index is 5.78. The number of aryl methyl sites for hydroxylation is 1. The summed E-state index contributed by atoms with van der Waals surface area (Å²) >= 11 is 0.